The number of anilines is 3. The fraction of sp³-hybridized carbons (Fsp3) is 0.263. The smallest absolute Gasteiger partial charge is 0.246 e. The molecule has 0 heterocycles. The number of benzene rings is 2. The van der Waals surface area contributed by atoms with Crippen LogP contribution >= 0.6 is 11.6 Å². The highest BCUT2D eigenvalue weighted by atomic mass is 35.5. The molecule has 5 nitrogen and oxygen atoms in total. The monoisotopic (exact) mass is 375 g/mol. The molecule has 1 saturated carbocycles. The molecule has 1 aliphatic rings. The van der Waals surface area contributed by atoms with Crippen molar-refractivity contribution >= 4 is 40.5 Å². The van der Waals surface area contributed by atoms with E-state index in [1.807, 2.05) is 0 Å². The van der Waals surface area contributed by atoms with Crippen molar-refractivity contribution in [3.63, 3.8) is 0 Å². The molecule has 2 amide bonds. The van der Waals surface area contributed by atoms with Gasteiger partial charge >= 0.3 is 0 Å². The van der Waals surface area contributed by atoms with E-state index in [1.165, 1.54) is 18.2 Å². The first-order valence-corrected chi connectivity index (χ1v) is 8.73. The quantitative estimate of drug-likeness (QED) is 0.706. The van der Waals surface area contributed by atoms with Gasteiger partial charge in [-0.3, -0.25) is 9.59 Å². The third-order valence-corrected chi connectivity index (χ3v) is 4.35. The van der Waals surface area contributed by atoms with Gasteiger partial charge in [0, 0.05) is 23.0 Å². The minimum Gasteiger partial charge on any atom is -0.374 e. The molecule has 2 aromatic rings. The molecule has 7 heteroatoms. The van der Waals surface area contributed by atoms with Crippen molar-refractivity contribution in [2.75, 3.05) is 16.0 Å². The topological polar surface area (TPSA) is 70.2 Å². The van der Waals surface area contributed by atoms with E-state index >= 15 is 0 Å². The molecule has 2 aromatic carbocycles. The van der Waals surface area contributed by atoms with Crippen molar-refractivity contribution in [2.24, 2.45) is 5.92 Å². The zero-order chi connectivity index (χ0) is 18.7. The van der Waals surface area contributed by atoms with Crippen LogP contribution in [0.4, 0.5) is 21.5 Å². The summed E-state index contributed by atoms with van der Waals surface area (Å²) in [4.78, 5) is 24.0. The van der Waals surface area contributed by atoms with E-state index in [0.29, 0.717) is 5.69 Å². The highest BCUT2D eigenvalue weighted by molar-refractivity contribution is 6.31. The number of nitrogens with one attached hydrogen (secondary N) is 3. The zero-order valence-corrected chi connectivity index (χ0v) is 14.9. The van der Waals surface area contributed by atoms with Gasteiger partial charge in [0.05, 0.1) is 5.02 Å². The minimum absolute atomic E-state index is 0.0488. The molecule has 1 fully saturated rings. The molecule has 0 radical (unpaired) electrons. The fourth-order valence-electron chi connectivity index (χ4n) is 2.38. The van der Waals surface area contributed by atoms with Crippen LogP contribution in [0.2, 0.25) is 5.02 Å². The predicted octanol–water partition coefficient (Wildman–Crippen LogP) is 4.27. The van der Waals surface area contributed by atoms with Crippen LogP contribution in [0.5, 0.6) is 0 Å². The van der Waals surface area contributed by atoms with Crippen molar-refractivity contribution in [3.05, 3.63) is 53.3 Å². The molecule has 0 spiro atoms. The van der Waals surface area contributed by atoms with E-state index in [1.54, 1.807) is 31.2 Å². The van der Waals surface area contributed by atoms with Gasteiger partial charge in [0.2, 0.25) is 11.8 Å². The number of carbonyl (C=O) groups excluding carboxylic acids is 2. The molecule has 0 unspecified atom stereocenters. The Hall–Kier alpha value is -2.60. The number of hydrogen-bond donors (Lipinski definition) is 3. The molecule has 1 aliphatic carbocycles. The first-order valence-electron chi connectivity index (χ1n) is 8.36. The Morgan fingerprint density at radius 3 is 2.27 bits per heavy atom. The molecule has 0 aromatic heterocycles. The molecule has 0 saturated heterocycles. The summed E-state index contributed by atoms with van der Waals surface area (Å²) in [5.74, 6) is -0.614. The molecular weight excluding hydrogens is 357 g/mol. The van der Waals surface area contributed by atoms with Crippen LogP contribution in [-0.4, -0.2) is 17.9 Å². The highest BCUT2D eigenvalue weighted by Gasteiger charge is 2.29. The van der Waals surface area contributed by atoms with Crippen LogP contribution < -0.4 is 16.0 Å². The highest BCUT2D eigenvalue weighted by Crippen LogP contribution is 2.30. The third-order valence-electron chi connectivity index (χ3n) is 4.06. The molecule has 136 valence electrons. The summed E-state index contributed by atoms with van der Waals surface area (Å²) < 4.78 is 13.2. The Morgan fingerprint density at radius 2 is 1.65 bits per heavy atom. The van der Waals surface area contributed by atoms with E-state index in [9.17, 15) is 14.0 Å². The third kappa shape index (κ3) is 4.73. The average molecular weight is 376 g/mol. The average Bonchev–Trinajstić information content (AvgIpc) is 3.45. The molecule has 3 N–H and O–H groups in total. The normalized spacial score (nSPS) is 14.4. The lowest BCUT2D eigenvalue weighted by molar-refractivity contribution is -0.117. The lowest BCUT2D eigenvalue weighted by atomic mass is 10.2. The van der Waals surface area contributed by atoms with Gasteiger partial charge < -0.3 is 16.0 Å². The number of hydrogen-bond acceptors (Lipinski definition) is 3. The van der Waals surface area contributed by atoms with Crippen LogP contribution in [0.15, 0.2) is 42.5 Å². The Kier molecular flexibility index (Phi) is 5.42. The van der Waals surface area contributed by atoms with Gasteiger partial charge in [0.25, 0.3) is 0 Å². The van der Waals surface area contributed by atoms with Crippen LogP contribution in [0.25, 0.3) is 0 Å². The van der Waals surface area contributed by atoms with Gasteiger partial charge in [-0.1, -0.05) is 11.6 Å². The molecule has 0 bridgehead atoms. The van der Waals surface area contributed by atoms with Crippen LogP contribution in [-0.2, 0) is 9.59 Å². The van der Waals surface area contributed by atoms with Crippen molar-refractivity contribution in [1.29, 1.82) is 0 Å². The van der Waals surface area contributed by atoms with E-state index in [4.69, 9.17) is 11.6 Å². The Morgan fingerprint density at radius 1 is 1.04 bits per heavy atom. The summed E-state index contributed by atoms with van der Waals surface area (Å²) in [6.45, 7) is 1.71. The standard InChI is InChI=1S/C19H19ClFN3O2/c1-11(18(25)24-15-8-9-17(21)16(20)10-15)22-13-4-6-14(7-5-13)23-19(26)12-2-3-12/h4-12,22H,2-3H2,1H3,(H,23,26)(H,24,25)/t11-/m1/s1. The van der Waals surface area contributed by atoms with Crippen molar-refractivity contribution < 1.29 is 14.0 Å². The van der Waals surface area contributed by atoms with Gasteiger partial charge in [0.15, 0.2) is 0 Å². The maximum absolute atomic E-state index is 13.2. The van der Waals surface area contributed by atoms with Gasteiger partial charge in [-0.25, -0.2) is 4.39 Å². The van der Waals surface area contributed by atoms with Crippen LogP contribution in [0, 0.1) is 11.7 Å². The molecule has 3 rings (SSSR count). The van der Waals surface area contributed by atoms with E-state index in [2.05, 4.69) is 16.0 Å². The van der Waals surface area contributed by atoms with E-state index in [0.717, 1.165) is 24.2 Å². The van der Waals surface area contributed by atoms with Gasteiger partial charge in [-0.05, 0) is 62.2 Å². The van der Waals surface area contributed by atoms with Gasteiger partial charge in [-0.15, -0.1) is 0 Å². The molecular formula is C19H19ClFN3O2. The number of rotatable bonds is 6. The summed E-state index contributed by atoms with van der Waals surface area (Å²) >= 11 is 5.71. The summed E-state index contributed by atoms with van der Waals surface area (Å²) in [6, 6.07) is 10.6. The maximum Gasteiger partial charge on any atom is 0.246 e. The minimum atomic E-state index is -0.537. The number of carbonyl (C=O) groups is 2. The predicted molar refractivity (Wildman–Crippen MR) is 101 cm³/mol. The van der Waals surface area contributed by atoms with Crippen molar-refractivity contribution in [3.8, 4) is 0 Å². The van der Waals surface area contributed by atoms with Gasteiger partial charge in [0.1, 0.15) is 11.9 Å². The first kappa shape index (κ1) is 18.2. The Bertz CT molecular complexity index is 822. The van der Waals surface area contributed by atoms with E-state index in [-0.39, 0.29) is 22.8 Å². The summed E-state index contributed by atoms with van der Waals surface area (Å²) in [5.41, 5.74) is 1.90. The first-order chi connectivity index (χ1) is 12.4. The maximum atomic E-state index is 13.2. The number of amides is 2. The summed E-state index contributed by atoms with van der Waals surface area (Å²) in [7, 11) is 0. The van der Waals surface area contributed by atoms with E-state index < -0.39 is 11.9 Å². The molecule has 0 aliphatic heterocycles. The Labute approximate surface area is 155 Å². The second kappa shape index (κ2) is 7.74. The largest absolute Gasteiger partial charge is 0.374 e. The molecule has 1 atom stereocenters. The fourth-order valence-corrected chi connectivity index (χ4v) is 2.56. The van der Waals surface area contributed by atoms with Crippen molar-refractivity contribution in [2.45, 2.75) is 25.8 Å². The second-order valence-electron chi connectivity index (χ2n) is 6.33. The lowest BCUT2D eigenvalue weighted by Gasteiger charge is -2.16. The molecule has 26 heavy (non-hydrogen) atoms. The SMILES string of the molecule is C[C@@H](Nc1ccc(NC(=O)C2CC2)cc1)C(=O)Nc1ccc(F)c(Cl)c1. The van der Waals surface area contributed by atoms with Gasteiger partial charge in [-0.2, -0.15) is 0 Å². The summed E-state index contributed by atoms with van der Waals surface area (Å²) in [6.07, 6.45) is 1.91. The number of halogens is 2. The second-order valence-corrected chi connectivity index (χ2v) is 6.73. The van der Waals surface area contributed by atoms with Crippen LogP contribution in [0.3, 0.4) is 0 Å². The van der Waals surface area contributed by atoms with Crippen molar-refractivity contribution in [1.82, 2.24) is 0 Å². The summed E-state index contributed by atoms with van der Waals surface area (Å²) in [5, 5.41) is 8.56. The Balaban J connectivity index is 1.54. The lowest BCUT2D eigenvalue weighted by Crippen LogP contribution is -2.31. The zero-order valence-electron chi connectivity index (χ0n) is 14.2. The van der Waals surface area contributed by atoms with Crippen LogP contribution in [0.1, 0.15) is 19.8 Å².